The van der Waals surface area contributed by atoms with Gasteiger partial charge in [-0.15, -0.1) is 0 Å². The Hall–Kier alpha value is -1.72. The third kappa shape index (κ3) is 6.22. The van der Waals surface area contributed by atoms with E-state index in [9.17, 15) is 0 Å². The lowest BCUT2D eigenvalue weighted by molar-refractivity contribution is 0.0408. The Balaban J connectivity index is 1.36. The van der Waals surface area contributed by atoms with Gasteiger partial charge in [0.1, 0.15) is 0 Å². The van der Waals surface area contributed by atoms with E-state index < -0.39 is 0 Å². The summed E-state index contributed by atoms with van der Waals surface area (Å²) in [5.41, 5.74) is 10.1. The van der Waals surface area contributed by atoms with Gasteiger partial charge in [-0.05, 0) is 37.8 Å². The van der Waals surface area contributed by atoms with E-state index in [2.05, 4.69) is 95.4 Å². The van der Waals surface area contributed by atoms with E-state index in [-0.39, 0.29) is 0 Å². The summed E-state index contributed by atoms with van der Waals surface area (Å²) in [4.78, 5) is 0. The zero-order valence-electron chi connectivity index (χ0n) is 16.1. The van der Waals surface area contributed by atoms with Gasteiger partial charge >= 0.3 is 0 Å². The standard InChI is InChI=1S/C22H32N4/c1-19(17-21-9-5-3-6-10-21)23-25-13-15-26(16-14-25)24-20(2)18-22-11-7-4-8-12-22/h3-12,19-20,23-24H,13-18H2,1-2H3. The van der Waals surface area contributed by atoms with E-state index in [4.69, 9.17) is 0 Å². The number of nitrogens with one attached hydrogen (secondary N) is 2. The van der Waals surface area contributed by atoms with E-state index in [0.717, 1.165) is 39.0 Å². The molecule has 2 unspecified atom stereocenters. The van der Waals surface area contributed by atoms with Crippen LogP contribution in [0.4, 0.5) is 0 Å². The van der Waals surface area contributed by atoms with Crippen LogP contribution in [0.5, 0.6) is 0 Å². The van der Waals surface area contributed by atoms with Crippen molar-refractivity contribution in [2.45, 2.75) is 38.8 Å². The molecule has 1 aliphatic rings. The molecule has 1 saturated heterocycles. The zero-order chi connectivity index (χ0) is 18.2. The van der Waals surface area contributed by atoms with E-state index in [1.807, 2.05) is 0 Å². The number of nitrogens with zero attached hydrogens (tertiary/aromatic N) is 2. The van der Waals surface area contributed by atoms with Crippen molar-refractivity contribution < 1.29 is 0 Å². The minimum atomic E-state index is 0.453. The molecule has 1 aliphatic heterocycles. The molecular weight excluding hydrogens is 320 g/mol. The Labute approximate surface area is 158 Å². The summed E-state index contributed by atoms with van der Waals surface area (Å²) in [6, 6.07) is 22.3. The van der Waals surface area contributed by atoms with E-state index in [0.29, 0.717) is 12.1 Å². The van der Waals surface area contributed by atoms with Gasteiger partial charge in [0.15, 0.2) is 0 Å². The van der Waals surface area contributed by atoms with E-state index >= 15 is 0 Å². The van der Waals surface area contributed by atoms with Crippen molar-refractivity contribution in [3.8, 4) is 0 Å². The Morgan fingerprint density at radius 2 is 1.00 bits per heavy atom. The summed E-state index contributed by atoms with van der Waals surface area (Å²) >= 11 is 0. The van der Waals surface area contributed by atoms with Crippen molar-refractivity contribution in [3.63, 3.8) is 0 Å². The minimum Gasteiger partial charge on any atom is -0.252 e. The van der Waals surface area contributed by atoms with Crippen molar-refractivity contribution >= 4 is 0 Å². The van der Waals surface area contributed by atoms with Gasteiger partial charge in [0.05, 0.1) is 0 Å². The topological polar surface area (TPSA) is 30.5 Å². The number of hydrazine groups is 2. The molecule has 2 aromatic rings. The van der Waals surface area contributed by atoms with Gasteiger partial charge in [0, 0.05) is 38.3 Å². The Morgan fingerprint density at radius 1 is 0.654 bits per heavy atom. The molecule has 2 atom stereocenters. The van der Waals surface area contributed by atoms with E-state index in [1.54, 1.807) is 0 Å². The molecule has 3 rings (SSSR count). The fourth-order valence-corrected chi connectivity index (χ4v) is 3.61. The molecule has 26 heavy (non-hydrogen) atoms. The summed E-state index contributed by atoms with van der Waals surface area (Å²) < 4.78 is 0. The molecule has 4 heteroatoms. The monoisotopic (exact) mass is 352 g/mol. The van der Waals surface area contributed by atoms with Crippen LogP contribution in [0.2, 0.25) is 0 Å². The second-order valence-electron chi connectivity index (χ2n) is 7.41. The minimum absolute atomic E-state index is 0.453. The zero-order valence-corrected chi connectivity index (χ0v) is 16.1. The maximum absolute atomic E-state index is 3.66. The van der Waals surface area contributed by atoms with Gasteiger partial charge in [-0.3, -0.25) is 10.9 Å². The molecule has 0 bridgehead atoms. The molecule has 0 spiro atoms. The normalized spacial score (nSPS) is 18.5. The van der Waals surface area contributed by atoms with Gasteiger partial charge in [-0.1, -0.05) is 60.7 Å². The van der Waals surface area contributed by atoms with Crippen LogP contribution in [-0.4, -0.2) is 48.3 Å². The lowest BCUT2D eigenvalue weighted by Crippen LogP contribution is -2.58. The average molecular weight is 353 g/mol. The van der Waals surface area contributed by atoms with Gasteiger partial charge in [-0.25, -0.2) is 10.0 Å². The predicted molar refractivity (Wildman–Crippen MR) is 109 cm³/mol. The van der Waals surface area contributed by atoms with Crippen LogP contribution < -0.4 is 10.9 Å². The molecule has 1 heterocycles. The molecule has 0 saturated carbocycles. The molecule has 1 fully saturated rings. The number of hydrogen-bond donors (Lipinski definition) is 2. The summed E-state index contributed by atoms with van der Waals surface area (Å²) in [6.45, 7) is 8.71. The summed E-state index contributed by atoms with van der Waals surface area (Å²) in [6.07, 6.45) is 2.13. The Kier molecular flexibility index (Phi) is 7.21. The molecule has 4 nitrogen and oxygen atoms in total. The lowest BCUT2D eigenvalue weighted by atomic mass is 10.1. The first-order chi connectivity index (χ1) is 12.7. The summed E-state index contributed by atoms with van der Waals surface area (Å²) in [7, 11) is 0. The predicted octanol–water partition coefficient (Wildman–Crippen LogP) is 2.88. The van der Waals surface area contributed by atoms with Crippen molar-refractivity contribution in [2.24, 2.45) is 0 Å². The largest absolute Gasteiger partial charge is 0.252 e. The number of rotatable bonds is 8. The fourth-order valence-electron chi connectivity index (χ4n) is 3.61. The molecule has 0 aromatic heterocycles. The van der Waals surface area contributed by atoms with Crippen molar-refractivity contribution in [1.82, 2.24) is 20.9 Å². The Bertz CT molecular complexity index is 566. The van der Waals surface area contributed by atoms with Crippen molar-refractivity contribution in [3.05, 3.63) is 71.8 Å². The molecule has 0 radical (unpaired) electrons. The highest BCUT2D eigenvalue weighted by atomic mass is 15.6. The summed E-state index contributed by atoms with van der Waals surface area (Å²) in [5.74, 6) is 0. The van der Waals surface area contributed by atoms with Gasteiger partial charge < -0.3 is 0 Å². The van der Waals surface area contributed by atoms with Crippen LogP contribution in [0.3, 0.4) is 0 Å². The van der Waals surface area contributed by atoms with Gasteiger partial charge in [0.25, 0.3) is 0 Å². The van der Waals surface area contributed by atoms with Gasteiger partial charge in [-0.2, -0.15) is 0 Å². The molecular formula is C22H32N4. The highest BCUT2D eigenvalue weighted by molar-refractivity contribution is 5.16. The third-order valence-corrected chi connectivity index (χ3v) is 4.86. The SMILES string of the molecule is CC(Cc1ccccc1)NN1CCN(NC(C)Cc2ccccc2)CC1. The maximum atomic E-state index is 3.66. The maximum Gasteiger partial charge on any atom is 0.0273 e. The fraction of sp³-hybridized carbons (Fsp3) is 0.455. The second-order valence-corrected chi connectivity index (χ2v) is 7.41. The van der Waals surface area contributed by atoms with Crippen LogP contribution in [0.15, 0.2) is 60.7 Å². The quantitative estimate of drug-likeness (QED) is 0.765. The van der Waals surface area contributed by atoms with Crippen LogP contribution in [0.1, 0.15) is 25.0 Å². The highest BCUT2D eigenvalue weighted by Crippen LogP contribution is 2.06. The molecule has 0 amide bonds. The first-order valence-corrected chi connectivity index (χ1v) is 9.79. The van der Waals surface area contributed by atoms with E-state index in [1.165, 1.54) is 11.1 Å². The lowest BCUT2D eigenvalue weighted by Gasteiger charge is -2.37. The number of piperazine rings is 1. The van der Waals surface area contributed by atoms with Crippen molar-refractivity contribution in [2.75, 3.05) is 26.2 Å². The first-order valence-electron chi connectivity index (χ1n) is 9.79. The van der Waals surface area contributed by atoms with Crippen LogP contribution in [0.25, 0.3) is 0 Å². The molecule has 0 aliphatic carbocycles. The number of hydrogen-bond acceptors (Lipinski definition) is 4. The van der Waals surface area contributed by atoms with Crippen LogP contribution in [-0.2, 0) is 12.8 Å². The van der Waals surface area contributed by atoms with Crippen LogP contribution in [0, 0.1) is 0 Å². The average Bonchev–Trinajstić information content (AvgIpc) is 2.65. The second kappa shape index (κ2) is 9.83. The summed E-state index contributed by atoms with van der Waals surface area (Å²) in [5, 5.41) is 4.74. The first kappa shape index (κ1) is 19.1. The highest BCUT2D eigenvalue weighted by Gasteiger charge is 2.19. The Morgan fingerprint density at radius 3 is 1.35 bits per heavy atom. The third-order valence-electron chi connectivity index (χ3n) is 4.86. The van der Waals surface area contributed by atoms with Gasteiger partial charge in [0.2, 0.25) is 0 Å². The number of benzene rings is 2. The molecule has 140 valence electrons. The van der Waals surface area contributed by atoms with Crippen LogP contribution >= 0.6 is 0 Å². The van der Waals surface area contributed by atoms with Crippen molar-refractivity contribution in [1.29, 1.82) is 0 Å². The smallest absolute Gasteiger partial charge is 0.0273 e. The molecule has 2 aromatic carbocycles. The molecule has 2 N–H and O–H groups in total.